The summed E-state index contributed by atoms with van der Waals surface area (Å²) in [6, 6.07) is 4.79. The minimum atomic E-state index is 0.297. The van der Waals surface area contributed by atoms with Crippen molar-refractivity contribution >= 4 is 5.82 Å². The fraction of sp³-hybridized carbons (Fsp3) is 0.615. The third-order valence-corrected chi connectivity index (χ3v) is 3.26. The summed E-state index contributed by atoms with van der Waals surface area (Å²) < 4.78 is 0. The normalized spacial score (nSPS) is 20.4. The van der Waals surface area contributed by atoms with E-state index in [1.807, 2.05) is 6.20 Å². The van der Waals surface area contributed by atoms with Gasteiger partial charge in [-0.25, -0.2) is 4.98 Å². The summed E-state index contributed by atoms with van der Waals surface area (Å²) in [5.74, 6) is 1.09. The Kier molecular flexibility index (Phi) is 3.78. The summed E-state index contributed by atoms with van der Waals surface area (Å²) in [7, 11) is 0. The van der Waals surface area contributed by atoms with Crippen molar-refractivity contribution in [2.75, 3.05) is 18.1 Å². The van der Waals surface area contributed by atoms with Gasteiger partial charge in [0.2, 0.25) is 0 Å². The SMILES string of the molecule is Cc1ccc(N2CCCC2CCCO)nc1. The van der Waals surface area contributed by atoms with Crippen molar-refractivity contribution in [1.82, 2.24) is 4.98 Å². The second kappa shape index (κ2) is 5.30. The van der Waals surface area contributed by atoms with Crippen molar-refractivity contribution in [1.29, 1.82) is 0 Å². The second-order valence-corrected chi connectivity index (χ2v) is 4.55. The Hall–Kier alpha value is -1.09. The molecule has 2 heterocycles. The largest absolute Gasteiger partial charge is 0.396 e. The number of aryl methyl sites for hydroxylation is 1. The number of aliphatic hydroxyl groups excluding tert-OH is 1. The smallest absolute Gasteiger partial charge is 0.128 e. The Balaban J connectivity index is 2.04. The fourth-order valence-electron chi connectivity index (χ4n) is 2.39. The fourth-order valence-corrected chi connectivity index (χ4v) is 2.39. The average Bonchev–Trinajstić information content (AvgIpc) is 2.75. The van der Waals surface area contributed by atoms with Crippen LogP contribution in [0.15, 0.2) is 18.3 Å². The molecule has 0 aromatic carbocycles. The predicted octanol–water partition coefficient (Wildman–Crippen LogP) is 2.13. The van der Waals surface area contributed by atoms with Crippen LogP contribution in [0.1, 0.15) is 31.2 Å². The van der Waals surface area contributed by atoms with Crippen LogP contribution >= 0.6 is 0 Å². The van der Waals surface area contributed by atoms with Gasteiger partial charge in [-0.2, -0.15) is 0 Å². The van der Waals surface area contributed by atoms with E-state index in [1.54, 1.807) is 0 Å². The third kappa shape index (κ3) is 2.53. The highest BCUT2D eigenvalue weighted by molar-refractivity contribution is 5.41. The lowest BCUT2D eigenvalue weighted by molar-refractivity contribution is 0.279. The number of aromatic nitrogens is 1. The molecule has 2 rings (SSSR count). The highest BCUT2D eigenvalue weighted by Crippen LogP contribution is 2.26. The van der Waals surface area contributed by atoms with Crippen molar-refractivity contribution < 1.29 is 5.11 Å². The quantitative estimate of drug-likeness (QED) is 0.844. The van der Waals surface area contributed by atoms with Crippen LogP contribution in [0.2, 0.25) is 0 Å². The van der Waals surface area contributed by atoms with Crippen molar-refractivity contribution in [2.45, 2.75) is 38.6 Å². The van der Waals surface area contributed by atoms with Crippen LogP contribution < -0.4 is 4.90 Å². The first-order chi connectivity index (χ1) is 7.81. The summed E-state index contributed by atoms with van der Waals surface area (Å²) in [5.41, 5.74) is 1.20. The maximum atomic E-state index is 8.89. The molecule has 16 heavy (non-hydrogen) atoms. The Morgan fingerprint density at radius 2 is 2.38 bits per heavy atom. The highest BCUT2D eigenvalue weighted by Gasteiger charge is 2.24. The van der Waals surface area contributed by atoms with Crippen LogP contribution in [-0.4, -0.2) is 29.3 Å². The molecule has 3 nitrogen and oxygen atoms in total. The van der Waals surface area contributed by atoms with Gasteiger partial charge in [0.1, 0.15) is 5.82 Å². The Morgan fingerprint density at radius 3 is 3.06 bits per heavy atom. The topological polar surface area (TPSA) is 36.4 Å². The van der Waals surface area contributed by atoms with Gasteiger partial charge < -0.3 is 10.0 Å². The Labute approximate surface area is 97.1 Å². The third-order valence-electron chi connectivity index (χ3n) is 3.26. The molecule has 1 aromatic heterocycles. The first-order valence-electron chi connectivity index (χ1n) is 6.11. The van der Waals surface area contributed by atoms with Gasteiger partial charge in [0.05, 0.1) is 0 Å². The molecule has 0 amide bonds. The molecular formula is C13H20N2O. The molecular weight excluding hydrogens is 200 g/mol. The standard InChI is InChI=1S/C13H20N2O/c1-11-6-7-13(14-10-11)15-8-2-4-12(15)5-3-9-16/h6-7,10,12,16H,2-5,8-9H2,1H3. The molecule has 0 saturated carbocycles. The molecule has 88 valence electrons. The molecule has 0 aliphatic carbocycles. The number of anilines is 1. The van der Waals surface area contributed by atoms with Gasteiger partial charge in [-0.05, 0) is 44.2 Å². The molecule has 1 aliphatic rings. The zero-order valence-corrected chi connectivity index (χ0v) is 9.89. The summed E-state index contributed by atoms with van der Waals surface area (Å²) in [6.45, 7) is 3.46. The van der Waals surface area contributed by atoms with Gasteiger partial charge in [-0.1, -0.05) is 6.07 Å². The summed E-state index contributed by atoms with van der Waals surface area (Å²) in [4.78, 5) is 6.87. The number of aliphatic hydroxyl groups is 1. The maximum absolute atomic E-state index is 8.89. The minimum absolute atomic E-state index is 0.297. The van der Waals surface area contributed by atoms with E-state index in [4.69, 9.17) is 5.11 Å². The van der Waals surface area contributed by atoms with E-state index in [9.17, 15) is 0 Å². The molecule has 1 aromatic rings. The van der Waals surface area contributed by atoms with Gasteiger partial charge in [0.15, 0.2) is 0 Å². The van der Waals surface area contributed by atoms with Crippen LogP contribution in [0.3, 0.4) is 0 Å². The minimum Gasteiger partial charge on any atom is -0.396 e. The molecule has 1 unspecified atom stereocenters. The molecule has 1 aliphatic heterocycles. The Bertz CT molecular complexity index is 323. The van der Waals surface area contributed by atoms with E-state index in [0.717, 1.165) is 25.2 Å². The molecule has 1 fully saturated rings. The van der Waals surface area contributed by atoms with E-state index >= 15 is 0 Å². The second-order valence-electron chi connectivity index (χ2n) is 4.55. The predicted molar refractivity (Wildman–Crippen MR) is 65.7 cm³/mol. The summed E-state index contributed by atoms with van der Waals surface area (Å²) in [6.07, 6.45) is 6.37. The van der Waals surface area contributed by atoms with Crippen LogP contribution in [0.4, 0.5) is 5.82 Å². The van der Waals surface area contributed by atoms with E-state index in [1.165, 1.54) is 18.4 Å². The summed E-state index contributed by atoms with van der Waals surface area (Å²) >= 11 is 0. The number of hydrogen-bond acceptors (Lipinski definition) is 3. The van der Waals surface area contributed by atoms with E-state index in [-0.39, 0.29) is 0 Å². The number of hydrogen-bond donors (Lipinski definition) is 1. The number of pyridine rings is 1. The zero-order chi connectivity index (χ0) is 11.4. The van der Waals surface area contributed by atoms with Crippen molar-refractivity contribution in [2.24, 2.45) is 0 Å². The molecule has 3 heteroatoms. The zero-order valence-electron chi connectivity index (χ0n) is 9.89. The van der Waals surface area contributed by atoms with Crippen molar-refractivity contribution in [3.63, 3.8) is 0 Å². The van der Waals surface area contributed by atoms with Crippen LogP contribution in [0.25, 0.3) is 0 Å². The van der Waals surface area contributed by atoms with Gasteiger partial charge in [-0.3, -0.25) is 0 Å². The first kappa shape index (κ1) is 11.4. The highest BCUT2D eigenvalue weighted by atomic mass is 16.2. The monoisotopic (exact) mass is 220 g/mol. The molecule has 1 N–H and O–H groups in total. The number of nitrogens with zero attached hydrogens (tertiary/aromatic N) is 2. The van der Waals surface area contributed by atoms with E-state index < -0.39 is 0 Å². The molecule has 0 spiro atoms. The Morgan fingerprint density at radius 1 is 1.50 bits per heavy atom. The molecule has 0 bridgehead atoms. The van der Waals surface area contributed by atoms with E-state index in [0.29, 0.717) is 12.6 Å². The lowest BCUT2D eigenvalue weighted by Gasteiger charge is -2.25. The molecule has 1 saturated heterocycles. The van der Waals surface area contributed by atoms with Crippen LogP contribution in [0, 0.1) is 6.92 Å². The lowest BCUT2D eigenvalue weighted by atomic mass is 10.1. The van der Waals surface area contributed by atoms with Crippen LogP contribution in [0.5, 0.6) is 0 Å². The van der Waals surface area contributed by atoms with E-state index in [2.05, 4.69) is 28.9 Å². The maximum Gasteiger partial charge on any atom is 0.128 e. The van der Waals surface area contributed by atoms with Gasteiger partial charge in [0.25, 0.3) is 0 Å². The molecule has 0 radical (unpaired) electrons. The average molecular weight is 220 g/mol. The van der Waals surface area contributed by atoms with Gasteiger partial charge in [0, 0.05) is 25.4 Å². The van der Waals surface area contributed by atoms with Crippen molar-refractivity contribution in [3.8, 4) is 0 Å². The lowest BCUT2D eigenvalue weighted by Crippen LogP contribution is -2.30. The summed E-state index contributed by atoms with van der Waals surface area (Å²) in [5, 5.41) is 8.89. The van der Waals surface area contributed by atoms with Crippen molar-refractivity contribution in [3.05, 3.63) is 23.9 Å². The molecule has 1 atom stereocenters. The van der Waals surface area contributed by atoms with Gasteiger partial charge >= 0.3 is 0 Å². The first-order valence-corrected chi connectivity index (χ1v) is 6.11. The van der Waals surface area contributed by atoms with Gasteiger partial charge in [-0.15, -0.1) is 0 Å². The number of rotatable bonds is 4. The van der Waals surface area contributed by atoms with Crippen LogP contribution in [-0.2, 0) is 0 Å².